The number of rotatable bonds is 7. The van der Waals surface area contributed by atoms with Gasteiger partial charge in [-0.05, 0) is 23.8 Å². The zero-order chi connectivity index (χ0) is 20.0. The van der Waals surface area contributed by atoms with Crippen LogP contribution in [0.2, 0.25) is 0 Å². The first-order chi connectivity index (χ1) is 12.9. The third kappa shape index (κ3) is 4.96. The predicted molar refractivity (Wildman–Crippen MR) is 97.1 cm³/mol. The predicted octanol–water partition coefficient (Wildman–Crippen LogP) is -0.459. The van der Waals surface area contributed by atoms with Crippen LogP contribution < -0.4 is 9.47 Å². The third-order valence-electron chi connectivity index (χ3n) is 4.33. The normalized spacial score (nSPS) is 28.7. The maximum absolute atomic E-state index is 10.0. The first-order valence-corrected chi connectivity index (χ1v) is 8.34. The molecule has 1 aliphatic heterocycles. The van der Waals surface area contributed by atoms with Crippen molar-refractivity contribution in [3.05, 3.63) is 23.8 Å². The summed E-state index contributed by atoms with van der Waals surface area (Å²) in [4.78, 5) is 4.10. The monoisotopic (exact) mass is 383 g/mol. The van der Waals surface area contributed by atoms with Crippen LogP contribution in [0, 0.1) is 5.92 Å². The molecule has 5 atom stereocenters. The van der Waals surface area contributed by atoms with Crippen molar-refractivity contribution in [2.45, 2.75) is 24.6 Å². The largest absolute Gasteiger partial charge is 0.502 e. The van der Waals surface area contributed by atoms with Gasteiger partial charge in [0.05, 0.1) is 32.8 Å². The molecule has 0 amide bonds. The topological polar surface area (TPSA) is 141 Å². The van der Waals surface area contributed by atoms with Crippen molar-refractivity contribution >= 4 is 12.3 Å². The highest BCUT2D eigenvalue weighted by Crippen LogP contribution is 2.37. The fourth-order valence-corrected chi connectivity index (χ4v) is 2.76. The van der Waals surface area contributed by atoms with Gasteiger partial charge in [-0.15, -0.1) is 0 Å². The summed E-state index contributed by atoms with van der Waals surface area (Å²) in [6.45, 7) is -0.488. The van der Waals surface area contributed by atoms with Crippen molar-refractivity contribution in [3.8, 4) is 17.2 Å². The fourth-order valence-electron chi connectivity index (χ4n) is 2.76. The zero-order valence-corrected chi connectivity index (χ0v) is 15.1. The Morgan fingerprint density at radius 2 is 1.74 bits per heavy atom. The quantitative estimate of drug-likeness (QED) is 0.398. The van der Waals surface area contributed by atoms with E-state index in [4.69, 9.17) is 19.3 Å². The van der Waals surface area contributed by atoms with Crippen LogP contribution in [-0.4, -0.2) is 83.7 Å². The molecule has 1 aromatic carbocycles. The number of ether oxygens (including phenoxy) is 3. The van der Waals surface area contributed by atoms with Gasteiger partial charge in [-0.3, -0.25) is 4.99 Å². The molecule has 1 saturated heterocycles. The molecule has 0 bridgehead atoms. The van der Waals surface area contributed by atoms with E-state index in [-0.39, 0.29) is 23.8 Å². The van der Waals surface area contributed by atoms with E-state index in [1.165, 1.54) is 20.4 Å². The Morgan fingerprint density at radius 3 is 2.30 bits per heavy atom. The molecular weight excluding hydrogens is 358 g/mol. The van der Waals surface area contributed by atoms with Gasteiger partial charge in [0, 0.05) is 12.8 Å². The molecule has 0 aliphatic carbocycles. The van der Waals surface area contributed by atoms with E-state index in [0.717, 1.165) is 0 Å². The minimum absolute atomic E-state index is 0.0180. The molecule has 1 fully saturated rings. The molecule has 0 saturated carbocycles. The summed E-state index contributed by atoms with van der Waals surface area (Å²) >= 11 is 0. The van der Waals surface area contributed by atoms with Crippen LogP contribution in [0.25, 0.3) is 6.08 Å². The number of hydrogen-bond donors (Lipinski definition) is 5. The molecule has 0 radical (unpaired) electrons. The number of methoxy groups -OCH3 is 2. The summed E-state index contributed by atoms with van der Waals surface area (Å²) in [5.74, 6) is -0.375. The number of phenols is 1. The summed E-state index contributed by atoms with van der Waals surface area (Å²) in [7, 11) is 2.87. The number of aliphatic imine (C=N–C) groups is 1. The van der Waals surface area contributed by atoms with Gasteiger partial charge < -0.3 is 39.7 Å². The average molecular weight is 383 g/mol. The molecule has 1 heterocycles. The Hall–Kier alpha value is -2.17. The standard InChI is InChI=1S/C18H25NO8/c1-25-12-6-10(7-13(26-2)16(12)22)4-3-5-19-8-11-15(21)17(23)14(9-20)27-18(11)24/h3-7,11,14-15,17-18,20-24H,8-9H2,1-2H3/b4-3+,19-5?. The maximum atomic E-state index is 10.0. The van der Waals surface area contributed by atoms with Crippen molar-refractivity contribution in [1.82, 2.24) is 0 Å². The Morgan fingerprint density at radius 1 is 1.11 bits per heavy atom. The Balaban J connectivity index is 1.99. The smallest absolute Gasteiger partial charge is 0.200 e. The minimum Gasteiger partial charge on any atom is -0.502 e. The number of aromatic hydroxyl groups is 1. The summed E-state index contributed by atoms with van der Waals surface area (Å²) in [5, 5.41) is 48.7. The molecule has 1 aliphatic rings. The van der Waals surface area contributed by atoms with Gasteiger partial charge in [0.25, 0.3) is 0 Å². The number of aliphatic hydroxyl groups excluding tert-OH is 4. The van der Waals surface area contributed by atoms with E-state index < -0.39 is 37.1 Å². The van der Waals surface area contributed by atoms with Crippen LogP contribution in [0.1, 0.15) is 5.56 Å². The van der Waals surface area contributed by atoms with E-state index in [1.54, 1.807) is 24.3 Å². The Kier molecular flexibility index (Phi) is 7.57. The van der Waals surface area contributed by atoms with Crippen LogP contribution in [0.4, 0.5) is 0 Å². The van der Waals surface area contributed by atoms with Crippen LogP contribution in [-0.2, 0) is 4.74 Å². The first kappa shape index (κ1) is 21.1. The molecule has 5 unspecified atom stereocenters. The average Bonchev–Trinajstić information content (AvgIpc) is 2.67. The van der Waals surface area contributed by atoms with Gasteiger partial charge in [0.15, 0.2) is 17.8 Å². The van der Waals surface area contributed by atoms with Gasteiger partial charge >= 0.3 is 0 Å². The second-order valence-corrected chi connectivity index (χ2v) is 6.04. The molecule has 1 aromatic rings. The van der Waals surface area contributed by atoms with Gasteiger partial charge in [-0.25, -0.2) is 0 Å². The fraction of sp³-hybridized carbons (Fsp3) is 0.500. The Bertz CT molecular complexity index is 652. The number of phenolic OH excluding ortho intramolecular Hbond substituents is 1. The van der Waals surface area contributed by atoms with Crippen molar-refractivity contribution in [3.63, 3.8) is 0 Å². The lowest BCUT2D eigenvalue weighted by atomic mass is 9.91. The van der Waals surface area contributed by atoms with Crippen LogP contribution >= 0.6 is 0 Å². The van der Waals surface area contributed by atoms with Crippen molar-refractivity contribution in [2.24, 2.45) is 10.9 Å². The SMILES string of the molecule is COc1cc(/C=C/C=NCC2C(O)OC(CO)C(O)C2O)cc(OC)c1O. The number of benzene rings is 1. The van der Waals surface area contributed by atoms with Gasteiger partial charge in [-0.2, -0.15) is 0 Å². The molecule has 0 spiro atoms. The summed E-state index contributed by atoms with van der Waals surface area (Å²) in [5.41, 5.74) is 0.704. The second-order valence-electron chi connectivity index (χ2n) is 6.04. The minimum atomic E-state index is -1.34. The van der Waals surface area contributed by atoms with Crippen molar-refractivity contribution in [1.29, 1.82) is 0 Å². The van der Waals surface area contributed by atoms with E-state index in [1.807, 2.05) is 0 Å². The number of allylic oxidation sites excluding steroid dienone is 1. The van der Waals surface area contributed by atoms with Crippen LogP contribution in [0.3, 0.4) is 0 Å². The molecular formula is C18H25NO8. The lowest BCUT2D eigenvalue weighted by Crippen LogP contribution is -2.56. The molecule has 150 valence electrons. The van der Waals surface area contributed by atoms with E-state index in [2.05, 4.69) is 4.99 Å². The van der Waals surface area contributed by atoms with Gasteiger partial charge in [0.1, 0.15) is 12.2 Å². The number of hydrogen-bond acceptors (Lipinski definition) is 9. The third-order valence-corrected chi connectivity index (χ3v) is 4.33. The van der Waals surface area contributed by atoms with E-state index >= 15 is 0 Å². The molecule has 9 nitrogen and oxygen atoms in total. The lowest BCUT2D eigenvalue weighted by molar-refractivity contribution is -0.267. The lowest BCUT2D eigenvalue weighted by Gasteiger charge is -2.39. The molecule has 2 rings (SSSR count). The summed E-state index contributed by atoms with van der Waals surface area (Å²) in [6, 6.07) is 3.24. The zero-order valence-electron chi connectivity index (χ0n) is 15.1. The second kappa shape index (κ2) is 9.67. The van der Waals surface area contributed by atoms with Crippen molar-refractivity contribution < 1.29 is 39.7 Å². The van der Waals surface area contributed by atoms with E-state index in [9.17, 15) is 20.4 Å². The van der Waals surface area contributed by atoms with Crippen LogP contribution in [0.15, 0.2) is 23.2 Å². The van der Waals surface area contributed by atoms with E-state index in [0.29, 0.717) is 5.56 Å². The Labute approximate surface area is 156 Å². The first-order valence-electron chi connectivity index (χ1n) is 8.34. The molecule has 27 heavy (non-hydrogen) atoms. The molecule has 9 heteroatoms. The highest BCUT2D eigenvalue weighted by atomic mass is 16.6. The van der Waals surface area contributed by atoms with Crippen molar-refractivity contribution in [2.75, 3.05) is 27.4 Å². The van der Waals surface area contributed by atoms with Gasteiger partial charge in [-0.1, -0.05) is 6.08 Å². The highest BCUT2D eigenvalue weighted by Gasteiger charge is 2.43. The summed E-state index contributed by atoms with van der Waals surface area (Å²) in [6.07, 6.45) is -0.142. The maximum Gasteiger partial charge on any atom is 0.200 e. The number of aliphatic hydroxyl groups is 4. The summed E-state index contributed by atoms with van der Waals surface area (Å²) < 4.78 is 15.2. The van der Waals surface area contributed by atoms with Crippen LogP contribution in [0.5, 0.6) is 17.2 Å². The molecule has 0 aromatic heterocycles. The molecule has 5 N–H and O–H groups in total. The highest BCUT2D eigenvalue weighted by molar-refractivity contribution is 5.79. The number of nitrogens with zero attached hydrogens (tertiary/aromatic N) is 1. The van der Waals surface area contributed by atoms with Gasteiger partial charge in [0.2, 0.25) is 5.75 Å².